The molecule has 0 fully saturated rings. The fourth-order valence-corrected chi connectivity index (χ4v) is 2.75. The average molecular weight is 350 g/mol. The third kappa shape index (κ3) is 4.11. The van der Waals surface area contributed by atoms with Crippen molar-refractivity contribution in [2.24, 2.45) is 4.99 Å². The smallest absolute Gasteiger partial charge is 0.275 e. The van der Waals surface area contributed by atoms with Gasteiger partial charge in [-0.15, -0.1) is 0 Å². The van der Waals surface area contributed by atoms with Crippen LogP contribution in [0.2, 0.25) is 0 Å². The molecular weight excluding hydrogens is 328 g/mol. The molecule has 3 rings (SSSR count). The second-order valence-electron chi connectivity index (χ2n) is 6.14. The standard InChI is InChI=1S/C21H22N2O3/c1-14-4-6-15(7-5-14)9-11-20-22-17(21(24)23-20)12-16-8-10-18(25-2)19(13-16)26-3/h4-8,10,12-13H,9,11H2,1-3H3,(H,22,23,24)/b17-12+. The molecule has 0 unspecified atom stereocenters. The number of carbonyl (C=O) groups is 1. The van der Waals surface area contributed by atoms with E-state index in [4.69, 9.17) is 9.47 Å². The third-order valence-electron chi connectivity index (χ3n) is 4.23. The van der Waals surface area contributed by atoms with Crippen molar-refractivity contribution in [3.8, 4) is 11.5 Å². The number of amidine groups is 1. The summed E-state index contributed by atoms with van der Waals surface area (Å²) < 4.78 is 10.5. The van der Waals surface area contributed by atoms with Crippen LogP contribution in [0.4, 0.5) is 0 Å². The van der Waals surface area contributed by atoms with Gasteiger partial charge >= 0.3 is 0 Å². The summed E-state index contributed by atoms with van der Waals surface area (Å²) in [7, 11) is 3.17. The normalized spacial score (nSPS) is 15.0. The lowest BCUT2D eigenvalue weighted by Gasteiger charge is -2.07. The summed E-state index contributed by atoms with van der Waals surface area (Å²) in [6, 6.07) is 13.9. The lowest BCUT2D eigenvalue weighted by atomic mass is 10.1. The molecule has 1 amide bonds. The van der Waals surface area contributed by atoms with E-state index in [1.54, 1.807) is 26.4 Å². The van der Waals surface area contributed by atoms with Gasteiger partial charge in [0, 0.05) is 6.42 Å². The summed E-state index contributed by atoms with van der Waals surface area (Å²) in [5, 5.41) is 2.84. The molecule has 26 heavy (non-hydrogen) atoms. The number of methoxy groups -OCH3 is 2. The Hall–Kier alpha value is -3.08. The Balaban J connectivity index is 1.72. The number of hydrogen-bond donors (Lipinski definition) is 1. The van der Waals surface area contributed by atoms with E-state index >= 15 is 0 Å². The van der Waals surface area contributed by atoms with Crippen molar-refractivity contribution in [3.63, 3.8) is 0 Å². The van der Waals surface area contributed by atoms with E-state index in [2.05, 4.69) is 41.5 Å². The molecule has 5 nitrogen and oxygen atoms in total. The van der Waals surface area contributed by atoms with Crippen LogP contribution in [0, 0.1) is 6.92 Å². The van der Waals surface area contributed by atoms with Gasteiger partial charge in [0.2, 0.25) is 0 Å². The number of hydrogen-bond acceptors (Lipinski definition) is 4. The number of carbonyl (C=O) groups excluding carboxylic acids is 1. The maximum atomic E-state index is 12.2. The quantitative estimate of drug-likeness (QED) is 0.811. The van der Waals surface area contributed by atoms with E-state index in [1.807, 2.05) is 12.1 Å². The van der Waals surface area contributed by atoms with Gasteiger partial charge in [0.25, 0.3) is 5.91 Å². The molecule has 0 spiro atoms. The first-order valence-electron chi connectivity index (χ1n) is 8.47. The Morgan fingerprint density at radius 1 is 1.00 bits per heavy atom. The summed E-state index contributed by atoms with van der Waals surface area (Å²) in [4.78, 5) is 16.6. The van der Waals surface area contributed by atoms with E-state index < -0.39 is 0 Å². The van der Waals surface area contributed by atoms with Crippen molar-refractivity contribution < 1.29 is 14.3 Å². The predicted octanol–water partition coefficient (Wildman–Crippen LogP) is 3.51. The topological polar surface area (TPSA) is 59.9 Å². The highest BCUT2D eigenvalue weighted by Gasteiger charge is 2.19. The van der Waals surface area contributed by atoms with Crippen molar-refractivity contribution in [1.82, 2.24) is 5.32 Å². The molecule has 0 bridgehead atoms. The van der Waals surface area contributed by atoms with Gasteiger partial charge in [0.1, 0.15) is 11.5 Å². The molecule has 2 aromatic rings. The van der Waals surface area contributed by atoms with Crippen LogP contribution in [-0.2, 0) is 11.2 Å². The highest BCUT2D eigenvalue weighted by Crippen LogP contribution is 2.28. The first-order chi connectivity index (χ1) is 12.6. The number of benzene rings is 2. The van der Waals surface area contributed by atoms with Crippen molar-refractivity contribution in [1.29, 1.82) is 0 Å². The maximum Gasteiger partial charge on any atom is 0.275 e. The number of nitrogens with one attached hydrogen (secondary N) is 1. The zero-order valence-corrected chi connectivity index (χ0v) is 15.2. The summed E-state index contributed by atoms with van der Waals surface area (Å²) in [6.07, 6.45) is 3.28. The van der Waals surface area contributed by atoms with Gasteiger partial charge in [-0.3, -0.25) is 4.79 Å². The molecule has 0 saturated carbocycles. The van der Waals surface area contributed by atoms with Crippen molar-refractivity contribution in [2.75, 3.05) is 14.2 Å². The Labute approximate surface area is 153 Å². The Bertz CT molecular complexity index is 867. The van der Waals surface area contributed by atoms with Gasteiger partial charge < -0.3 is 14.8 Å². The van der Waals surface area contributed by atoms with Crippen LogP contribution < -0.4 is 14.8 Å². The Kier molecular flexibility index (Phi) is 5.37. The van der Waals surface area contributed by atoms with Gasteiger partial charge in [0.15, 0.2) is 11.5 Å². The number of amides is 1. The number of ether oxygens (including phenoxy) is 2. The van der Waals surface area contributed by atoms with Gasteiger partial charge in [0.05, 0.1) is 14.2 Å². The van der Waals surface area contributed by atoms with Gasteiger partial charge in [-0.1, -0.05) is 35.9 Å². The van der Waals surface area contributed by atoms with Crippen molar-refractivity contribution in [2.45, 2.75) is 19.8 Å². The Morgan fingerprint density at radius 3 is 2.42 bits per heavy atom. The number of rotatable bonds is 6. The average Bonchev–Trinajstić information content (AvgIpc) is 3.00. The monoisotopic (exact) mass is 350 g/mol. The molecule has 1 heterocycles. The second kappa shape index (κ2) is 7.87. The van der Waals surface area contributed by atoms with Crippen LogP contribution in [0.3, 0.4) is 0 Å². The molecule has 0 radical (unpaired) electrons. The minimum absolute atomic E-state index is 0.182. The van der Waals surface area contributed by atoms with Crippen LogP contribution in [0.25, 0.3) is 6.08 Å². The zero-order chi connectivity index (χ0) is 18.5. The number of aliphatic imine (C=N–C) groups is 1. The molecule has 1 aliphatic heterocycles. The molecule has 0 aromatic heterocycles. The van der Waals surface area contributed by atoms with E-state index in [-0.39, 0.29) is 5.91 Å². The van der Waals surface area contributed by atoms with Crippen LogP contribution in [0.5, 0.6) is 11.5 Å². The zero-order valence-electron chi connectivity index (χ0n) is 15.2. The van der Waals surface area contributed by atoms with E-state index in [0.717, 1.165) is 12.0 Å². The summed E-state index contributed by atoms with van der Waals surface area (Å²) >= 11 is 0. The molecule has 0 aliphatic carbocycles. The first kappa shape index (κ1) is 17.7. The van der Waals surface area contributed by atoms with Gasteiger partial charge in [-0.05, 0) is 42.7 Å². The summed E-state index contributed by atoms with van der Waals surface area (Å²) in [6.45, 7) is 2.07. The number of nitrogens with zero attached hydrogens (tertiary/aromatic N) is 1. The maximum absolute atomic E-state index is 12.2. The first-order valence-corrected chi connectivity index (χ1v) is 8.47. The molecular formula is C21H22N2O3. The van der Waals surface area contributed by atoms with E-state index in [9.17, 15) is 4.79 Å². The summed E-state index contributed by atoms with van der Waals surface area (Å²) in [5.41, 5.74) is 3.69. The second-order valence-corrected chi connectivity index (χ2v) is 6.14. The molecule has 0 atom stereocenters. The molecule has 1 N–H and O–H groups in total. The van der Waals surface area contributed by atoms with E-state index in [1.165, 1.54) is 11.1 Å². The van der Waals surface area contributed by atoms with Gasteiger partial charge in [-0.2, -0.15) is 0 Å². The molecule has 134 valence electrons. The number of aryl methyl sites for hydroxylation is 2. The molecule has 2 aromatic carbocycles. The summed E-state index contributed by atoms with van der Waals surface area (Å²) in [5.74, 6) is 1.78. The van der Waals surface area contributed by atoms with Crippen molar-refractivity contribution >= 4 is 17.8 Å². The third-order valence-corrected chi connectivity index (χ3v) is 4.23. The minimum Gasteiger partial charge on any atom is -0.493 e. The fraction of sp³-hybridized carbons (Fsp3) is 0.238. The minimum atomic E-state index is -0.182. The SMILES string of the molecule is COc1ccc(/C=C2/N=C(CCc3ccc(C)cc3)NC2=O)cc1OC. The van der Waals surface area contributed by atoms with Crippen LogP contribution >= 0.6 is 0 Å². The largest absolute Gasteiger partial charge is 0.493 e. The highest BCUT2D eigenvalue weighted by molar-refractivity contribution is 6.14. The van der Waals surface area contributed by atoms with Crippen LogP contribution in [0.1, 0.15) is 23.1 Å². The predicted molar refractivity (Wildman–Crippen MR) is 103 cm³/mol. The van der Waals surface area contributed by atoms with Crippen LogP contribution in [0.15, 0.2) is 53.2 Å². The van der Waals surface area contributed by atoms with E-state index in [0.29, 0.717) is 29.5 Å². The molecule has 0 saturated heterocycles. The Morgan fingerprint density at radius 2 is 1.73 bits per heavy atom. The fourth-order valence-electron chi connectivity index (χ4n) is 2.75. The lowest BCUT2D eigenvalue weighted by Crippen LogP contribution is -2.24. The molecule has 5 heteroatoms. The lowest BCUT2D eigenvalue weighted by molar-refractivity contribution is -0.115. The highest BCUT2D eigenvalue weighted by atomic mass is 16.5. The van der Waals surface area contributed by atoms with Crippen LogP contribution in [-0.4, -0.2) is 26.0 Å². The van der Waals surface area contributed by atoms with Gasteiger partial charge in [-0.25, -0.2) is 4.99 Å². The van der Waals surface area contributed by atoms with Crippen molar-refractivity contribution in [3.05, 3.63) is 64.9 Å². The molecule has 1 aliphatic rings.